The fourth-order valence-corrected chi connectivity index (χ4v) is 2.31. The molecule has 5 nitrogen and oxygen atoms in total. The van der Waals surface area contributed by atoms with Crippen molar-refractivity contribution in [3.05, 3.63) is 48.0 Å². The van der Waals surface area contributed by atoms with E-state index in [1.54, 1.807) is 6.20 Å². The summed E-state index contributed by atoms with van der Waals surface area (Å²) in [7, 11) is 0. The number of nitrogens with zero attached hydrogens (tertiary/aromatic N) is 2. The highest BCUT2D eigenvalue weighted by Gasteiger charge is 2.13. The van der Waals surface area contributed by atoms with Gasteiger partial charge in [0.25, 0.3) is 0 Å². The number of fused-ring (bicyclic) bond motifs is 1. The molecule has 1 aromatic carbocycles. The molecule has 0 unspecified atom stereocenters. The number of rotatable bonds is 5. The number of furan rings is 1. The molecular weight excluding hydrogens is 266 g/mol. The van der Waals surface area contributed by atoms with Gasteiger partial charge in [-0.3, -0.25) is 4.68 Å². The van der Waals surface area contributed by atoms with Crippen molar-refractivity contribution in [1.29, 1.82) is 0 Å². The highest BCUT2D eigenvalue weighted by molar-refractivity contribution is 5.82. The Balaban J connectivity index is 1.83. The van der Waals surface area contributed by atoms with Crippen LogP contribution in [0.5, 0.6) is 5.75 Å². The summed E-state index contributed by atoms with van der Waals surface area (Å²) in [5.41, 5.74) is 7.61. The summed E-state index contributed by atoms with van der Waals surface area (Å²) < 4.78 is 13.5. The molecule has 0 aliphatic heterocycles. The third kappa shape index (κ3) is 2.64. The van der Waals surface area contributed by atoms with Gasteiger partial charge in [0.15, 0.2) is 5.75 Å². The van der Waals surface area contributed by atoms with E-state index in [0.717, 1.165) is 28.0 Å². The van der Waals surface area contributed by atoms with Crippen molar-refractivity contribution in [2.75, 3.05) is 0 Å². The number of hydrogen-bond acceptors (Lipinski definition) is 4. The molecule has 2 N–H and O–H groups in total. The van der Waals surface area contributed by atoms with Gasteiger partial charge >= 0.3 is 0 Å². The summed E-state index contributed by atoms with van der Waals surface area (Å²) in [5, 5.41) is 5.31. The minimum absolute atomic E-state index is 0.316. The van der Waals surface area contributed by atoms with Crippen LogP contribution in [0.2, 0.25) is 0 Å². The fourth-order valence-electron chi connectivity index (χ4n) is 2.31. The van der Waals surface area contributed by atoms with Crippen molar-refractivity contribution in [3.8, 4) is 5.75 Å². The van der Waals surface area contributed by atoms with E-state index in [9.17, 15) is 0 Å². The van der Waals surface area contributed by atoms with Gasteiger partial charge in [-0.1, -0.05) is 18.2 Å². The molecule has 110 valence electrons. The van der Waals surface area contributed by atoms with Crippen LogP contribution in [0, 0.1) is 0 Å². The Labute approximate surface area is 123 Å². The first-order valence-corrected chi connectivity index (χ1v) is 7.05. The van der Waals surface area contributed by atoms with Crippen LogP contribution in [0.1, 0.15) is 31.2 Å². The van der Waals surface area contributed by atoms with E-state index < -0.39 is 0 Å². The van der Waals surface area contributed by atoms with Gasteiger partial charge in [-0.25, -0.2) is 0 Å². The van der Waals surface area contributed by atoms with Gasteiger partial charge in [0.2, 0.25) is 0 Å². The number of benzene rings is 1. The van der Waals surface area contributed by atoms with E-state index in [0.29, 0.717) is 19.2 Å². The third-order valence-electron chi connectivity index (χ3n) is 3.46. The summed E-state index contributed by atoms with van der Waals surface area (Å²) in [5.74, 6) is 1.52. The first-order valence-electron chi connectivity index (χ1n) is 7.05. The lowest BCUT2D eigenvalue weighted by Gasteiger charge is -2.05. The molecule has 0 aliphatic carbocycles. The molecule has 2 aromatic heterocycles. The molecule has 0 saturated heterocycles. The highest BCUT2D eigenvalue weighted by Crippen LogP contribution is 2.27. The van der Waals surface area contributed by atoms with E-state index in [-0.39, 0.29) is 0 Å². The zero-order chi connectivity index (χ0) is 14.8. The minimum atomic E-state index is 0.316. The van der Waals surface area contributed by atoms with E-state index >= 15 is 0 Å². The molecule has 3 rings (SSSR count). The van der Waals surface area contributed by atoms with Crippen LogP contribution < -0.4 is 10.5 Å². The monoisotopic (exact) mass is 285 g/mol. The smallest absolute Gasteiger partial charge is 0.157 e. The SMILES string of the molecule is CC(C)n1cc(OCc2c(CN)oc3ccccc23)cn1. The maximum Gasteiger partial charge on any atom is 0.157 e. The van der Waals surface area contributed by atoms with Crippen molar-refractivity contribution >= 4 is 11.0 Å². The fraction of sp³-hybridized carbons (Fsp3) is 0.312. The Morgan fingerprint density at radius 2 is 2.14 bits per heavy atom. The van der Waals surface area contributed by atoms with Gasteiger partial charge in [0.1, 0.15) is 18.0 Å². The molecule has 0 saturated carbocycles. The Hall–Kier alpha value is -2.27. The minimum Gasteiger partial charge on any atom is -0.485 e. The lowest BCUT2D eigenvalue weighted by Crippen LogP contribution is -2.02. The Kier molecular flexibility index (Phi) is 3.66. The summed E-state index contributed by atoms with van der Waals surface area (Å²) in [4.78, 5) is 0. The van der Waals surface area contributed by atoms with Crippen molar-refractivity contribution in [1.82, 2.24) is 9.78 Å². The van der Waals surface area contributed by atoms with Gasteiger partial charge in [0, 0.05) is 17.0 Å². The summed E-state index contributed by atoms with van der Waals surface area (Å²) >= 11 is 0. The highest BCUT2D eigenvalue weighted by atomic mass is 16.5. The largest absolute Gasteiger partial charge is 0.485 e. The number of hydrogen-bond donors (Lipinski definition) is 1. The van der Waals surface area contributed by atoms with E-state index in [2.05, 4.69) is 18.9 Å². The zero-order valence-corrected chi connectivity index (χ0v) is 12.2. The van der Waals surface area contributed by atoms with Crippen molar-refractivity contribution in [3.63, 3.8) is 0 Å². The third-order valence-corrected chi connectivity index (χ3v) is 3.46. The molecular formula is C16H19N3O2. The molecule has 0 spiro atoms. The Morgan fingerprint density at radius 3 is 2.86 bits per heavy atom. The lowest BCUT2D eigenvalue weighted by molar-refractivity contribution is 0.302. The summed E-state index contributed by atoms with van der Waals surface area (Å²) in [6.07, 6.45) is 3.62. The first-order chi connectivity index (χ1) is 10.2. The quantitative estimate of drug-likeness (QED) is 0.781. The average Bonchev–Trinajstić information content (AvgIpc) is 3.09. The molecule has 5 heteroatoms. The second kappa shape index (κ2) is 5.61. The number of ether oxygens (including phenoxy) is 1. The Morgan fingerprint density at radius 1 is 1.33 bits per heavy atom. The zero-order valence-electron chi connectivity index (χ0n) is 12.2. The topological polar surface area (TPSA) is 66.2 Å². The molecule has 0 aliphatic rings. The van der Waals surface area contributed by atoms with Crippen LogP contribution in [0.15, 0.2) is 41.1 Å². The lowest BCUT2D eigenvalue weighted by atomic mass is 10.1. The van der Waals surface area contributed by atoms with E-state index in [4.69, 9.17) is 14.9 Å². The number of nitrogens with two attached hydrogens (primary N) is 1. The van der Waals surface area contributed by atoms with Gasteiger partial charge in [0.05, 0.1) is 18.9 Å². The number of aromatic nitrogens is 2. The second-order valence-electron chi connectivity index (χ2n) is 5.24. The predicted octanol–water partition coefficient (Wildman–Crippen LogP) is 3.25. The first kappa shape index (κ1) is 13.7. The van der Waals surface area contributed by atoms with Crippen LogP contribution >= 0.6 is 0 Å². The Bertz CT molecular complexity index is 743. The molecule has 2 heterocycles. The molecule has 0 bridgehead atoms. The summed E-state index contributed by atoms with van der Waals surface area (Å²) in [6.45, 7) is 4.94. The summed E-state index contributed by atoms with van der Waals surface area (Å²) in [6, 6.07) is 8.21. The van der Waals surface area contributed by atoms with Crippen molar-refractivity contribution in [2.24, 2.45) is 5.73 Å². The predicted molar refractivity (Wildman–Crippen MR) is 81.0 cm³/mol. The van der Waals surface area contributed by atoms with Crippen LogP contribution in [0.4, 0.5) is 0 Å². The molecule has 0 fully saturated rings. The van der Waals surface area contributed by atoms with Gasteiger partial charge in [-0.15, -0.1) is 0 Å². The normalized spacial score (nSPS) is 11.4. The molecule has 21 heavy (non-hydrogen) atoms. The van der Waals surface area contributed by atoms with Crippen LogP contribution in [0.3, 0.4) is 0 Å². The molecule has 0 amide bonds. The maximum atomic E-state index is 5.83. The average molecular weight is 285 g/mol. The maximum absolute atomic E-state index is 5.83. The van der Waals surface area contributed by atoms with Gasteiger partial charge < -0.3 is 14.9 Å². The number of para-hydroxylation sites is 1. The van der Waals surface area contributed by atoms with Crippen LogP contribution in [0.25, 0.3) is 11.0 Å². The second-order valence-corrected chi connectivity index (χ2v) is 5.24. The molecule has 3 aromatic rings. The standard InChI is InChI=1S/C16H19N3O2/c1-11(2)19-9-12(8-18-19)20-10-14-13-5-3-4-6-15(13)21-16(14)7-17/h3-6,8-9,11H,7,10,17H2,1-2H3. The van der Waals surface area contributed by atoms with E-state index in [1.807, 2.05) is 35.1 Å². The van der Waals surface area contributed by atoms with Crippen molar-refractivity contribution in [2.45, 2.75) is 33.0 Å². The van der Waals surface area contributed by atoms with Crippen LogP contribution in [-0.4, -0.2) is 9.78 Å². The molecule has 0 atom stereocenters. The van der Waals surface area contributed by atoms with E-state index in [1.165, 1.54) is 0 Å². The van der Waals surface area contributed by atoms with Gasteiger partial charge in [-0.2, -0.15) is 5.10 Å². The van der Waals surface area contributed by atoms with Gasteiger partial charge in [-0.05, 0) is 19.9 Å². The van der Waals surface area contributed by atoms with Crippen molar-refractivity contribution < 1.29 is 9.15 Å². The van der Waals surface area contributed by atoms with Crippen LogP contribution in [-0.2, 0) is 13.2 Å². The molecule has 0 radical (unpaired) electrons.